The maximum atomic E-state index is 12.7. The van der Waals surface area contributed by atoms with E-state index in [1.54, 1.807) is 26.0 Å². The molecule has 7 nitrogen and oxygen atoms in total. The fraction of sp³-hybridized carbons (Fsp3) is 0.273. The number of benzene rings is 2. The van der Waals surface area contributed by atoms with E-state index in [0.717, 1.165) is 29.0 Å². The molecule has 1 aliphatic rings. The van der Waals surface area contributed by atoms with Crippen LogP contribution >= 0.6 is 11.3 Å². The predicted octanol–water partition coefficient (Wildman–Crippen LogP) is 4.03. The lowest BCUT2D eigenvalue weighted by Gasteiger charge is -2.18. The number of hydrogen-bond donors (Lipinski definition) is 1. The maximum absolute atomic E-state index is 12.7. The summed E-state index contributed by atoms with van der Waals surface area (Å²) in [5.74, 6) is 0.506. The van der Waals surface area contributed by atoms with Crippen molar-refractivity contribution in [1.82, 2.24) is 9.29 Å². The molecule has 1 aliphatic heterocycles. The SMILES string of the molecule is CCN(CC)S(=O)(=O)c1cccc(C(=O)Nc2nc(-c3ccc4c(c3)CCO4)cs2)c1. The highest BCUT2D eigenvalue weighted by Gasteiger charge is 2.23. The molecule has 0 aliphatic carbocycles. The summed E-state index contributed by atoms with van der Waals surface area (Å²) >= 11 is 1.32. The van der Waals surface area contributed by atoms with Crippen LogP contribution in [0.2, 0.25) is 0 Å². The van der Waals surface area contributed by atoms with Crippen LogP contribution in [0.1, 0.15) is 29.8 Å². The van der Waals surface area contributed by atoms with Gasteiger partial charge in [0, 0.05) is 36.0 Å². The molecule has 4 rings (SSSR count). The van der Waals surface area contributed by atoms with Gasteiger partial charge in [0.15, 0.2) is 5.13 Å². The first-order valence-electron chi connectivity index (χ1n) is 10.1. The Bertz CT molecular complexity index is 1220. The number of thiazole rings is 1. The third-order valence-electron chi connectivity index (χ3n) is 5.15. The number of nitrogens with zero attached hydrogens (tertiary/aromatic N) is 2. The van der Waals surface area contributed by atoms with Gasteiger partial charge in [0.1, 0.15) is 5.75 Å². The zero-order valence-corrected chi connectivity index (χ0v) is 18.9. The standard InChI is InChI=1S/C22H23N3O4S2/c1-3-25(4-2)31(27,28)18-7-5-6-17(13-18)21(26)24-22-23-19(14-30-22)15-8-9-20-16(12-15)10-11-29-20/h5-9,12-14H,3-4,10-11H2,1-2H3,(H,23,24,26). The normalized spacial score (nSPS) is 13.1. The molecule has 1 amide bonds. The number of nitrogens with one attached hydrogen (secondary N) is 1. The molecule has 0 radical (unpaired) electrons. The van der Waals surface area contributed by atoms with Crippen LogP contribution in [0, 0.1) is 0 Å². The van der Waals surface area contributed by atoms with Crippen LogP contribution in [0.5, 0.6) is 5.75 Å². The molecule has 2 aromatic carbocycles. The molecule has 162 valence electrons. The highest BCUT2D eigenvalue weighted by atomic mass is 32.2. The second-order valence-corrected chi connectivity index (χ2v) is 9.83. The van der Waals surface area contributed by atoms with Crippen molar-refractivity contribution in [2.75, 3.05) is 25.0 Å². The highest BCUT2D eigenvalue weighted by molar-refractivity contribution is 7.89. The molecular weight excluding hydrogens is 434 g/mol. The van der Waals surface area contributed by atoms with Crippen molar-refractivity contribution in [1.29, 1.82) is 0 Å². The van der Waals surface area contributed by atoms with Crippen LogP contribution < -0.4 is 10.1 Å². The lowest BCUT2D eigenvalue weighted by atomic mass is 10.1. The first-order chi connectivity index (χ1) is 14.9. The number of rotatable bonds is 7. The third kappa shape index (κ3) is 4.34. The van der Waals surface area contributed by atoms with Crippen LogP contribution in [0.25, 0.3) is 11.3 Å². The molecule has 0 unspecified atom stereocenters. The Morgan fingerprint density at radius 3 is 2.77 bits per heavy atom. The largest absolute Gasteiger partial charge is 0.493 e. The van der Waals surface area contributed by atoms with Crippen molar-refractivity contribution in [3.8, 4) is 17.0 Å². The van der Waals surface area contributed by atoms with Crippen molar-refractivity contribution in [3.63, 3.8) is 0 Å². The van der Waals surface area contributed by atoms with E-state index in [1.165, 1.54) is 27.8 Å². The van der Waals surface area contributed by atoms with Crippen LogP contribution in [0.15, 0.2) is 52.7 Å². The zero-order chi connectivity index (χ0) is 22.0. The van der Waals surface area contributed by atoms with Gasteiger partial charge in [0.05, 0.1) is 17.2 Å². The Labute approximate surface area is 185 Å². The van der Waals surface area contributed by atoms with Gasteiger partial charge in [-0.3, -0.25) is 10.1 Å². The molecule has 0 atom stereocenters. The van der Waals surface area contributed by atoms with Gasteiger partial charge in [-0.05, 0) is 42.0 Å². The summed E-state index contributed by atoms with van der Waals surface area (Å²) < 4.78 is 32.4. The molecule has 0 spiro atoms. The van der Waals surface area contributed by atoms with Crippen LogP contribution in [0.3, 0.4) is 0 Å². The van der Waals surface area contributed by atoms with Gasteiger partial charge < -0.3 is 4.74 Å². The summed E-state index contributed by atoms with van der Waals surface area (Å²) in [4.78, 5) is 17.3. The minimum absolute atomic E-state index is 0.101. The van der Waals surface area contributed by atoms with Gasteiger partial charge in [-0.25, -0.2) is 13.4 Å². The molecule has 9 heteroatoms. The molecular formula is C22H23N3O4S2. The van der Waals surface area contributed by atoms with Gasteiger partial charge in [0.25, 0.3) is 5.91 Å². The Kier molecular flexibility index (Phi) is 6.08. The number of carbonyl (C=O) groups excluding carboxylic acids is 1. The summed E-state index contributed by atoms with van der Waals surface area (Å²) in [5.41, 5.74) is 3.16. The summed E-state index contributed by atoms with van der Waals surface area (Å²) in [6.45, 7) is 5.00. The number of ether oxygens (including phenoxy) is 1. The monoisotopic (exact) mass is 457 g/mol. The van der Waals surface area contributed by atoms with E-state index in [2.05, 4.69) is 16.4 Å². The molecule has 31 heavy (non-hydrogen) atoms. The van der Waals surface area contributed by atoms with E-state index in [9.17, 15) is 13.2 Å². The first-order valence-corrected chi connectivity index (χ1v) is 12.4. The molecule has 0 saturated carbocycles. The van der Waals surface area contributed by atoms with E-state index in [0.29, 0.717) is 24.8 Å². The first kappa shape index (κ1) is 21.5. The number of fused-ring (bicyclic) bond motifs is 1. The molecule has 2 heterocycles. The molecule has 1 N–H and O–H groups in total. The lowest BCUT2D eigenvalue weighted by molar-refractivity contribution is 0.102. The number of anilines is 1. The summed E-state index contributed by atoms with van der Waals surface area (Å²) in [7, 11) is -3.64. The Morgan fingerprint density at radius 1 is 1.19 bits per heavy atom. The van der Waals surface area contributed by atoms with Gasteiger partial charge in [-0.2, -0.15) is 4.31 Å². The maximum Gasteiger partial charge on any atom is 0.257 e. The van der Waals surface area contributed by atoms with Crippen molar-refractivity contribution < 1.29 is 17.9 Å². The van der Waals surface area contributed by atoms with Crippen molar-refractivity contribution in [3.05, 3.63) is 59.0 Å². The average Bonchev–Trinajstić information content (AvgIpc) is 3.43. The summed E-state index contributed by atoms with van der Waals surface area (Å²) in [6, 6.07) is 12.0. The number of hydrogen-bond acceptors (Lipinski definition) is 6. The Balaban J connectivity index is 1.52. The van der Waals surface area contributed by atoms with E-state index < -0.39 is 15.9 Å². The smallest absolute Gasteiger partial charge is 0.257 e. The Morgan fingerprint density at radius 2 is 2.00 bits per heavy atom. The van der Waals surface area contributed by atoms with E-state index >= 15 is 0 Å². The van der Waals surface area contributed by atoms with E-state index in [-0.39, 0.29) is 10.5 Å². The van der Waals surface area contributed by atoms with Crippen molar-refractivity contribution >= 4 is 32.4 Å². The summed E-state index contributed by atoms with van der Waals surface area (Å²) in [5, 5.41) is 5.11. The minimum Gasteiger partial charge on any atom is -0.493 e. The fourth-order valence-corrected chi connectivity index (χ4v) is 5.71. The minimum atomic E-state index is -3.64. The lowest BCUT2D eigenvalue weighted by Crippen LogP contribution is -2.30. The molecule has 0 saturated heterocycles. The average molecular weight is 458 g/mol. The molecule has 0 bridgehead atoms. The second-order valence-electron chi connectivity index (χ2n) is 7.03. The van der Waals surface area contributed by atoms with Crippen molar-refractivity contribution in [2.24, 2.45) is 0 Å². The molecule has 0 fully saturated rings. The third-order valence-corrected chi connectivity index (χ3v) is 7.95. The zero-order valence-electron chi connectivity index (χ0n) is 17.3. The predicted molar refractivity (Wildman–Crippen MR) is 121 cm³/mol. The summed E-state index contributed by atoms with van der Waals surface area (Å²) in [6.07, 6.45) is 0.879. The van der Waals surface area contributed by atoms with Crippen LogP contribution in [0.4, 0.5) is 5.13 Å². The quantitative estimate of drug-likeness (QED) is 0.579. The van der Waals surface area contributed by atoms with Gasteiger partial charge in [-0.1, -0.05) is 19.9 Å². The number of aromatic nitrogens is 1. The molecule has 3 aromatic rings. The van der Waals surface area contributed by atoms with Gasteiger partial charge >= 0.3 is 0 Å². The highest BCUT2D eigenvalue weighted by Crippen LogP contribution is 2.32. The number of sulfonamides is 1. The fourth-order valence-electron chi connectivity index (χ4n) is 3.49. The van der Waals surface area contributed by atoms with Gasteiger partial charge in [-0.15, -0.1) is 11.3 Å². The topological polar surface area (TPSA) is 88.6 Å². The number of amides is 1. The Hall–Kier alpha value is -2.75. The van der Waals surface area contributed by atoms with Crippen molar-refractivity contribution in [2.45, 2.75) is 25.2 Å². The van der Waals surface area contributed by atoms with E-state index in [4.69, 9.17) is 4.74 Å². The van der Waals surface area contributed by atoms with Crippen LogP contribution in [-0.2, 0) is 16.4 Å². The molecule has 1 aromatic heterocycles. The second kappa shape index (κ2) is 8.78. The van der Waals surface area contributed by atoms with Crippen LogP contribution in [-0.4, -0.2) is 43.3 Å². The van der Waals surface area contributed by atoms with E-state index in [1.807, 2.05) is 17.5 Å². The van der Waals surface area contributed by atoms with Gasteiger partial charge in [0.2, 0.25) is 10.0 Å². The number of carbonyl (C=O) groups is 1.